The van der Waals surface area contributed by atoms with Crippen molar-refractivity contribution in [2.45, 2.75) is 64.6 Å². The van der Waals surface area contributed by atoms with Crippen LogP contribution in [0.3, 0.4) is 0 Å². The summed E-state index contributed by atoms with van der Waals surface area (Å²) < 4.78 is 5.75. The van der Waals surface area contributed by atoms with Crippen LogP contribution in [0.2, 0.25) is 0 Å². The van der Waals surface area contributed by atoms with Crippen LogP contribution in [0, 0.1) is 6.92 Å². The third-order valence-corrected chi connectivity index (χ3v) is 3.66. The van der Waals surface area contributed by atoms with Crippen LogP contribution in [0.5, 0.6) is 0 Å². The number of hydrogen-bond donors (Lipinski definition) is 1. The van der Waals surface area contributed by atoms with E-state index in [1.165, 1.54) is 0 Å². The molecule has 1 aromatic heterocycles. The third kappa shape index (κ3) is 2.84. The van der Waals surface area contributed by atoms with Gasteiger partial charge < -0.3 is 15.1 Å². The topological polar surface area (TPSA) is 59.5 Å². The van der Waals surface area contributed by atoms with Crippen LogP contribution < -0.4 is 5.73 Å². The number of carbonyl (C=O) groups is 1. The molecule has 1 saturated heterocycles. The molecule has 0 radical (unpaired) electrons. The largest absolute Gasteiger partial charge is 0.464 e. The molecule has 1 amide bonds. The quantitative estimate of drug-likeness (QED) is 0.848. The second-order valence-corrected chi connectivity index (χ2v) is 6.38. The molecule has 2 rings (SSSR count). The molecule has 0 aromatic carbocycles. The Bertz CT molecular complexity index is 459. The Labute approximate surface area is 114 Å². The summed E-state index contributed by atoms with van der Waals surface area (Å²) in [5.74, 6) is 1.82. The van der Waals surface area contributed by atoms with Crippen LogP contribution in [0.1, 0.15) is 57.6 Å². The highest BCUT2D eigenvalue weighted by Gasteiger charge is 2.40. The highest BCUT2D eigenvalue weighted by Crippen LogP contribution is 2.36. The van der Waals surface area contributed by atoms with E-state index < -0.39 is 0 Å². The minimum atomic E-state index is -0.260. The van der Waals surface area contributed by atoms with E-state index in [0.717, 1.165) is 24.4 Å². The summed E-state index contributed by atoms with van der Waals surface area (Å²) in [6.45, 7) is 8.05. The van der Waals surface area contributed by atoms with Crippen LogP contribution in [0.15, 0.2) is 16.5 Å². The molecule has 106 valence electrons. The lowest BCUT2D eigenvalue weighted by molar-refractivity contribution is -0.139. The number of nitrogens with two attached hydrogens (primary N) is 1. The molecule has 2 heterocycles. The second-order valence-electron chi connectivity index (χ2n) is 6.38. The number of furan rings is 1. The molecule has 0 spiro atoms. The van der Waals surface area contributed by atoms with Gasteiger partial charge in [-0.2, -0.15) is 0 Å². The van der Waals surface area contributed by atoms with Crippen LogP contribution in [-0.4, -0.2) is 22.4 Å². The van der Waals surface area contributed by atoms with Gasteiger partial charge >= 0.3 is 0 Å². The van der Waals surface area contributed by atoms with Crippen molar-refractivity contribution in [3.63, 3.8) is 0 Å². The molecule has 1 aromatic rings. The normalized spacial score (nSPS) is 25.5. The van der Waals surface area contributed by atoms with Crippen molar-refractivity contribution in [3.8, 4) is 0 Å². The highest BCUT2D eigenvalue weighted by atomic mass is 16.3. The lowest BCUT2D eigenvalue weighted by atomic mass is 9.96. The minimum absolute atomic E-state index is 0.0729. The van der Waals surface area contributed by atoms with Crippen molar-refractivity contribution >= 4 is 5.91 Å². The first-order valence-electron chi connectivity index (χ1n) is 6.95. The molecular formula is C15H24N2O2. The molecule has 2 atom stereocenters. The maximum atomic E-state index is 12.4. The average molecular weight is 264 g/mol. The van der Waals surface area contributed by atoms with E-state index in [-0.39, 0.29) is 23.5 Å². The smallest absolute Gasteiger partial charge is 0.223 e. The van der Waals surface area contributed by atoms with Gasteiger partial charge in [-0.25, -0.2) is 0 Å². The molecule has 19 heavy (non-hydrogen) atoms. The van der Waals surface area contributed by atoms with Gasteiger partial charge in [-0.3, -0.25) is 4.79 Å². The minimum Gasteiger partial charge on any atom is -0.464 e. The first-order chi connectivity index (χ1) is 8.80. The van der Waals surface area contributed by atoms with Crippen LogP contribution >= 0.6 is 0 Å². The lowest BCUT2D eigenvalue weighted by Gasteiger charge is -2.42. The Balaban J connectivity index is 2.45. The molecule has 0 bridgehead atoms. The summed E-state index contributed by atoms with van der Waals surface area (Å²) in [7, 11) is 0. The Morgan fingerprint density at radius 1 is 1.37 bits per heavy atom. The first-order valence-corrected chi connectivity index (χ1v) is 6.95. The Morgan fingerprint density at radius 3 is 2.58 bits per heavy atom. The SMILES string of the molecule is Cc1ccc(C2C(N)CCCC(=O)N2C(C)(C)C)o1. The Morgan fingerprint density at radius 2 is 2.05 bits per heavy atom. The molecule has 1 fully saturated rings. The van der Waals surface area contributed by atoms with Crippen LogP contribution in [0.4, 0.5) is 0 Å². The molecule has 1 aliphatic heterocycles. The van der Waals surface area contributed by atoms with E-state index in [4.69, 9.17) is 10.2 Å². The number of aryl methyl sites for hydroxylation is 1. The summed E-state index contributed by atoms with van der Waals surface area (Å²) in [4.78, 5) is 14.3. The number of nitrogens with zero attached hydrogens (tertiary/aromatic N) is 1. The number of hydrogen-bond acceptors (Lipinski definition) is 3. The number of amides is 1. The maximum Gasteiger partial charge on any atom is 0.223 e. The Kier molecular flexibility index (Phi) is 3.72. The van der Waals surface area contributed by atoms with E-state index in [1.807, 2.05) is 44.7 Å². The van der Waals surface area contributed by atoms with E-state index >= 15 is 0 Å². The van der Waals surface area contributed by atoms with Gasteiger partial charge in [0.2, 0.25) is 5.91 Å². The van der Waals surface area contributed by atoms with E-state index in [1.54, 1.807) is 0 Å². The zero-order valence-corrected chi connectivity index (χ0v) is 12.3. The summed E-state index contributed by atoms with van der Waals surface area (Å²) in [6, 6.07) is 3.63. The third-order valence-electron chi connectivity index (χ3n) is 3.66. The molecular weight excluding hydrogens is 240 g/mol. The van der Waals surface area contributed by atoms with E-state index in [0.29, 0.717) is 6.42 Å². The summed E-state index contributed by atoms with van der Waals surface area (Å²) >= 11 is 0. The fraction of sp³-hybridized carbons (Fsp3) is 0.667. The van der Waals surface area contributed by atoms with Crippen LogP contribution in [-0.2, 0) is 4.79 Å². The zero-order chi connectivity index (χ0) is 14.2. The van der Waals surface area contributed by atoms with Gasteiger partial charge in [0.25, 0.3) is 0 Å². The lowest BCUT2D eigenvalue weighted by Crippen LogP contribution is -2.51. The first kappa shape index (κ1) is 14.1. The maximum absolute atomic E-state index is 12.4. The van der Waals surface area contributed by atoms with Crippen molar-refractivity contribution in [1.29, 1.82) is 0 Å². The average Bonchev–Trinajstić information content (AvgIpc) is 2.63. The van der Waals surface area contributed by atoms with Gasteiger partial charge in [0, 0.05) is 18.0 Å². The predicted octanol–water partition coefficient (Wildman–Crippen LogP) is 2.77. The molecule has 0 saturated carbocycles. The van der Waals surface area contributed by atoms with E-state index in [2.05, 4.69) is 0 Å². The molecule has 0 aliphatic carbocycles. The van der Waals surface area contributed by atoms with Gasteiger partial charge in [-0.1, -0.05) is 0 Å². The van der Waals surface area contributed by atoms with Gasteiger partial charge in [-0.15, -0.1) is 0 Å². The molecule has 4 heteroatoms. The zero-order valence-electron chi connectivity index (χ0n) is 12.3. The highest BCUT2D eigenvalue weighted by molar-refractivity contribution is 5.78. The number of rotatable bonds is 1. The van der Waals surface area contributed by atoms with Crippen molar-refractivity contribution in [2.24, 2.45) is 5.73 Å². The number of carbonyl (C=O) groups excluding carboxylic acids is 1. The molecule has 2 unspecified atom stereocenters. The fourth-order valence-corrected chi connectivity index (χ4v) is 2.86. The van der Waals surface area contributed by atoms with Crippen molar-refractivity contribution in [1.82, 2.24) is 4.90 Å². The van der Waals surface area contributed by atoms with Gasteiger partial charge in [0.1, 0.15) is 17.6 Å². The Hall–Kier alpha value is -1.29. The molecule has 4 nitrogen and oxygen atoms in total. The van der Waals surface area contributed by atoms with Crippen molar-refractivity contribution in [2.75, 3.05) is 0 Å². The summed E-state index contributed by atoms with van der Waals surface area (Å²) in [5, 5.41) is 0. The van der Waals surface area contributed by atoms with Gasteiger partial charge in [0.05, 0.1) is 0 Å². The fourth-order valence-electron chi connectivity index (χ4n) is 2.86. The monoisotopic (exact) mass is 264 g/mol. The summed E-state index contributed by atoms with van der Waals surface area (Å²) in [6.07, 6.45) is 2.27. The van der Waals surface area contributed by atoms with Crippen molar-refractivity contribution < 1.29 is 9.21 Å². The molecule has 1 aliphatic rings. The van der Waals surface area contributed by atoms with Gasteiger partial charge in [0.15, 0.2) is 0 Å². The summed E-state index contributed by atoms with van der Waals surface area (Å²) in [5.41, 5.74) is 6.06. The van der Waals surface area contributed by atoms with Gasteiger partial charge in [-0.05, 0) is 52.7 Å². The van der Waals surface area contributed by atoms with Crippen LogP contribution in [0.25, 0.3) is 0 Å². The second kappa shape index (κ2) is 5.00. The number of likely N-dealkylation sites (tertiary alicyclic amines) is 1. The van der Waals surface area contributed by atoms with Crippen molar-refractivity contribution in [3.05, 3.63) is 23.7 Å². The predicted molar refractivity (Wildman–Crippen MR) is 74.6 cm³/mol. The van der Waals surface area contributed by atoms with E-state index in [9.17, 15) is 4.79 Å². The standard InChI is InChI=1S/C15H24N2O2/c1-10-8-9-12(19-10)14-11(16)6-5-7-13(18)17(14)15(2,3)4/h8-9,11,14H,5-7,16H2,1-4H3. The molecule has 2 N–H and O–H groups in total.